The van der Waals surface area contributed by atoms with E-state index in [-0.39, 0.29) is 5.82 Å². The van der Waals surface area contributed by atoms with E-state index in [0.29, 0.717) is 12.2 Å². The topological polar surface area (TPSA) is 62.7 Å². The van der Waals surface area contributed by atoms with Gasteiger partial charge in [0, 0.05) is 19.8 Å². The van der Waals surface area contributed by atoms with Crippen LogP contribution in [0, 0.1) is 12.7 Å². The van der Waals surface area contributed by atoms with Crippen LogP contribution in [-0.4, -0.2) is 22.0 Å². The summed E-state index contributed by atoms with van der Waals surface area (Å²) in [6.07, 6.45) is 3.04. The minimum absolute atomic E-state index is 0.213. The third-order valence-corrected chi connectivity index (χ3v) is 2.50. The van der Waals surface area contributed by atoms with Crippen LogP contribution in [0.15, 0.2) is 24.7 Å². The van der Waals surface area contributed by atoms with Gasteiger partial charge < -0.3 is 10.6 Å². The highest BCUT2D eigenvalue weighted by Gasteiger charge is 2.06. The zero-order chi connectivity index (χ0) is 13.0. The molecular weight excluding hydrogens is 233 g/mol. The minimum Gasteiger partial charge on any atom is -0.373 e. The Morgan fingerprint density at radius 3 is 2.89 bits per heavy atom. The van der Waals surface area contributed by atoms with Crippen molar-refractivity contribution in [2.75, 3.05) is 17.7 Å². The van der Waals surface area contributed by atoms with Crippen LogP contribution in [-0.2, 0) is 6.54 Å². The summed E-state index contributed by atoms with van der Waals surface area (Å²) in [4.78, 5) is 11.7. The van der Waals surface area contributed by atoms with Gasteiger partial charge >= 0.3 is 0 Å². The van der Waals surface area contributed by atoms with Crippen LogP contribution in [0.25, 0.3) is 0 Å². The molecule has 18 heavy (non-hydrogen) atoms. The highest BCUT2D eigenvalue weighted by atomic mass is 19.1. The lowest BCUT2D eigenvalue weighted by atomic mass is 10.2. The molecule has 0 saturated carbocycles. The van der Waals surface area contributed by atoms with E-state index < -0.39 is 5.82 Å². The van der Waals surface area contributed by atoms with Gasteiger partial charge in [0.1, 0.15) is 12.1 Å². The predicted octanol–water partition coefficient (Wildman–Crippen LogP) is 1.97. The Hall–Kier alpha value is -2.24. The summed E-state index contributed by atoms with van der Waals surface area (Å²) in [6, 6.07) is 3.75. The number of rotatable bonds is 4. The fourth-order valence-electron chi connectivity index (χ4n) is 1.49. The molecule has 0 aliphatic rings. The van der Waals surface area contributed by atoms with Crippen molar-refractivity contribution < 1.29 is 4.39 Å². The molecule has 0 atom stereocenters. The van der Waals surface area contributed by atoms with Crippen molar-refractivity contribution in [3.05, 3.63) is 41.7 Å². The van der Waals surface area contributed by atoms with Crippen LogP contribution in [0.2, 0.25) is 0 Å². The molecule has 0 aliphatic carbocycles. The third kappa shape index (κ3) is 2.71. The Bertz CT molecular complexity index is 544. The second-order valence-electron chi connectivity index (χ2n) is 3.77. The predicted molar refractivity (Wildman–Crippen MR) is 67.8 cm³/mol. The fraction of sp³-hybridized carbons (Fsp3) is 0.250. The van der Waals surface area contributed by atoms with Gasteiger partial charge in [0.25, 0.3) is 0 Å². The molecule has 6 heteroatoms. The number of pyridine rings is 1. The summed E-state index contributed by atoms with van der Waals surface area (Å²) in [7, 11) is 1.80. The number of hydrogen-bond donors (Lipinski definition) is 2. The summed E-state index contributed by atoms with van der Waals surface area (Å²) in [6.45, 7) is 2.08. The fourth-order valence-corrected chi connectivity index (χ4v) is 1.49. The van der Waals surface area contributed by atoms with Crippen LogP contribution in [0.5, 0.6) is 0 Å². The van der Waals surface area contributed by atoms with Gasteiger partial charge in [0.05, 0.1) is 5.69 Å². The number of nitrogens with zero attached hydrogens (tertiary/aromatic N) is 3. The highest BCUT2D eigenvalue weighted by Crippen LogP contribution is 2.13. The largest absolute Gasteiger partial charge is 0.373 e. The first-order chi connectivity index (χ1) is 8.70. The maximum absolute atomic E-state index is 13.6. The van der Waals surface area contributed by atoms with Crippen molar-refractivity contribution >= 4 is 11.6 Å². The van der Waals surface area contributed by atoms with Crippen molar-refractivity contribution in [2.24, 2.45) is 0 Å². The Balaban J connectivity index is 2.09. The molecule has 0 fully saturated rings. The molecule has 0 unspecified atom stereocenters. The molecule has 2 heterocycles. The van der Waals surface area contributed by atoms with Crippen molar-refractivity contribution in [2.45, 2.75) is 13.5 Å². The Morgan fingerprint density at radius 1 is 1.28 bits per heavy atom. The average molecular weight is 247 g/mol. The third-order valence-electron chi connectivity index (χ3n) is 2.50. The van der Waals surface area contributed by atoms with Gasteiger partial charge in [-0.15, -0.1) is 0 Å². The van der Waals surface area contributed by atoms with Crippen molar-refractivity contribution in [3.8, 4) is 0 Å². The standard InChI is InChI=1S/C12H14FN5/c1-8-11(13)12(18-7-17-8)16-6-9-3-4-15-10(5-9)14-2/h3-5,7H,6H2,1-2H3,(H,14,15)(H,16,17,18). The Labute approximate surface area is 105 Å². The molecular formula is C12H14FN5. The molecule has 94 valence electrons. The van der Waals surface area contributed by atoms with Crippen molar-refractivity contribution in [3.63, 3.8) is 0 Å². The Kier molecular flexibility index (Phi) is 3.66. The van der Waals surface area contributed by atoms with E-state index >= 15 is 0 Å². The minimum atomic E-state index is -0.416. The first-order valence-corrected chi connectivity index (χ1v) is 5.54. The molecule has 0 radical (unpaired) electrons. The second-order valence-corrected chi connectivity index (χ2v) is 3.77. The highest BCUT2D eigenvalue weighted by molar-refractivity contribution is 5.41. The molecule has 0 aromatic carbocycles. The average Bonchev–Trinajstić information content (AvgIpc) is 2.41. The van der Waals surface area contributed by atoms with Gasteiger partial charge in [0.2, 0.25) is 0 Å². The first-order valence-electron chi connectivity index (χ1n) is 5.54. The summed E-state index contributed by atoms with van der Waals surface area (Å²) >= 11 is 0. The van der Waals surface area contributed by atoms with Crippen LogP contribution in [0.4, 0.5) is 16.0 Å². The lowest BCUT2D eigenvalue weighted by molar-refractivity contribution is 0.604. The Morgan fingerprint density at radius 2 is 2.11 bits per heavy atom. The van der Waals surface area contributed by atoms with Gasteiger partial charge in [-0.3, -0.25) is 0 Å². The monoisotopic (exact) mass is 247 g/mol. The van der Waals surface area contributed by atoms with E-state index in [4.69, 9.17) is 0 Å². The summed E-state index contributed by atoms with van der Waals surface area (Å²) in [5.41, 5.74) is 1.32. The quantitative estimate of drug-likeness (QED) is 0.865. The molecule has 0 aliphatic heterocycles. The number of anilines is 2. The normalized spacial score (nSPS) is 10.2. The maximum Gasteiger partial charge on any atom is 0.186 e. The van der Waals surface area contributed by atoms with E-state index in [2.05, 4.69) is 25.6 Å². The summed E-state index contributed by atoms with van der Waals surface area (Å²) in [5.74, 6) is 0.569. The molecule has 0 saturated heterocycles. The first kappa shape index (κ1) is 12.2. The molecule has 2 aromatic rings. The summed E-state index contributed by atoms with van der Waals surface area (Å²) in [5, 5.41) is 5.89. The number of nitrogens with one attached hydrogen (secondary N) is 2. The smallest absolute Gasteiger partial charge is 0.186 e. The van der Waals surface area contributed by atoms with Crippen LogP contribution >= 0.6 is 0 Å². The van der Waals surface area contributed by atoms with E-state index in [1.807, 2.05) is 12.1 Å². The van der Waals surface area contributed by atoms with E-state index in [1.165, 1.54) is 6.33 Å². The number of aromatic nitrogens is 3. The van der Waals surface area contributed by atoms with Crippen LogP contribution in [0.3, 0.4) is 0 Å². The van der Waals surface area contributed by atoms with E-state index in [9.17, 15) is 4.39 Å². The van der Waals surface area contributed by atoms with Gasteiger partial charge in [-0.05, 0) is 24.6 Å². The van der Waals surface area contributed by atoms with Gasteiger partial charge in [-0.2, -0.15) is 0 Å². The zero-order valence-corrected chi connectivity index (χ0v) is 10.2. The van der Waals surface area contributed by atoms with E-state index in [1.54, 1.807) is 20.2 Å². The number of aryl methyl sites for hydroxylation is 1. The lowest BCUT2D eigenvalue weighted by Crippen LogP contribution is -2.06. The number of hydrogen-bond acceptors (Lipinski definition) is 5. The van der Waals surface area contributed by atoms with Crippen molar-refractivity contribution in [1.82, 2.24) is 15.0 Å². The molecule has 0 amide bonds. The molecule has 0 spiro atoms. The zero-order valence-electron chi connectivity index (χ0n) is 10.2. The van der Waals surface area contributed by atoms with E-state index in [0.717, 1.165) is 11.4 Å². The number of halogens is 1. The molecule has 5 nitrogen and oxygen atoms in total. The van der Waals surface area contributed by atoms with Gasteiger partial charge in [-0.1, -0.05) is 0 Å². The van der Waals surface area contributed by atoms with Crippen molar-refractivity contribution in [1.29, 1.82) is 0 Å². The van der Waals surface area contributed by atoms with Gasteiger partial charge in [-0.25, -0.2) is 19.3 Å². The molecule has 0 bridgehead atoms. The van der Waals surface area contributed by atoms with Crippen LogP contribution in [0.1, 0.15) is 11.3 Å². The van der Waals surface area contributed by atoms with Gasteiger partial charge in [0.15, 0.2) is 11.6 Å². The summed E-state index contributed by atoms with van der Waals surface area (Å²) < 4.78 is 13.6. The molecule has 2 rings (SSSR count). The molecule has 2 aromatic heterocycles. The SMILES string of the molecule is CNc1cc(CNc2ncnc(C)c2F)ccn1. The second kappa shape index (κ2) is 5.39. The van der Waals surface area contributed by atoms with Crippen LogP contribution < -0.4 is 10.6 Å². The lowest BCUT2D eigenvalue weighted by Gasteiger charge is -2.08. The maximum atomic E-state index is 13.6. The molecule has 2 N–H and O–H groups in total.